The Bertz CT molecular complexity index is 601. The maximum atomic E-state index is 7.56. The summed E-state index contributed by atoms with van der Waals surface area (Å²) in [6.07, 6.45) is 12.9. The number of nitrogens with two attached hydrogens (primary N) is 1. The van der Waals surface area contributed by atoms with Gasteiger partial charge in [0.25, 0.3) is 0 Å². The largest absolute Gasteiger partial charge is 0.382 e. The molecule has 0 unspecified atom stereocenters. The van der Waals surface area contributed by atoms with E-state index in [-0.39, 0.29) is 18.2 Å². The van der Waals surface area contributed by atoms with Crippen molar-refractivity contribution < 1.29 is 0 Å². The minimum absolute atomic E-state index is 0. The summed E-state index contributed by atoms with van der Waals surface area (Å²) in [5.41, 5.74) is 7.98. The highest BCUT2D eigenvalue weighted by atomic mass is 35.5. The van der Waals surface area contributed by atoms with E-state index < -0.39 is 0 Å². The standard InChI is InChI=1S/C14H19N5.ClH/c15-13(16)12-9-19-7-6-17-14(19)11(18-12)8-10-4-2-1-3-5-10;/h6-7,9-10H,1-5,8H2,(H3,15,16);1H. The lowest BCUT2D eigenvalue weighted by molar-refractivity contribution is 0.354. The summed E-state index contributed by atoms with van der Waals surface area (Å²) in [5, 5.41) is 7.56. The molecule has 5 nitrogen and oxygen atoms in total. The highest BCUT2D eigenvalue weighted by molar-refractivity contribution is 5.93. The molecule has 1 fully saturated rings. The van der Waals surface area contributed by atoms with E-state index in [2.05, 4.69) is 9.97 Å². The summed E-state index contributed by atoms with van der Waals surface area (Å²) >= 11 is 0. The highest BCUT2D eigenvalue weighted by Gasteiger charge is 2.17. The number of hydrogen-bond donors (Lipinski definition) is 2. The number of halogens is 1. The van der Waals surface area contributed by atoms with E-state index >= 15 is 0 Å². The molecule has 0 bridgehead atoms. The SMILES string of the molecule is Cl.N=C(N)c1cn2ccnc2c(CC2CCCCC2)n1. The average molecular weight is 294 g/mol. The van der Waals surface area contributed by atoms with Gasteiger partial charge < -0.3 is 10.1 Å². The minimum Gasteiger partial charge on any atom is -0.382 e. The Kier molecular flexibility index (Phi) is 4.60. The van der Waals surface area contributed by atoms with E-state index in [9.17, 15) is 0 Å². The number of amidine groups is 1. The number of nitrogens with zero attached hydrogens (tertiary/aromatic N) is 3. The van der Waals surface area contributed by atoms with Gasteiger partial charge in [0.15, 0.2) is 5.65 Å². The molecule has 3 N–H and O–H groups in total. The van der Waals surface area contributed by atoms with E-state index in [4.69, 9.17) is 11.1 Å². The van der Waals surface area contributed by atoms with Crippen LogP contribution in [0, 0.1) is 11.3 Å². The molecule has 2 aromatic heterocycles. The van der Waals surface area contributed by atoms with Crippen LogP contribution in [0.5, 0.6) is 0 Å². The van der Waals surface area contributed by atoms with E-state index in [1.807, 2.05) is 10.6 Å². The van der Waals surface area contributed by atoms with Crippen molar-refractivity contribution in [2.75, 3.05) is 0 Å². The van der Waals surface area contributed by atoms with Crippen molar-refractivity contribution in [2.45, 2.75) is 38.5 Å². The molecule has 1 aliphatic carbocycles. The van der Waals surface area contributed by atoms with Gasteiger partial charge in [-0.15, -0.1) is 12.4 Å². The Morgan fingerprint density at radius 3 is 2.80 bits per heavy atom. The predicted octanol–water partition coefficient (Wildman–Crippen LogP) is 2.56. The fraction of sp³-hybridized carbons (Fsp3) is 0.500. The zero-order valence-corrected chi connectivity index (χ0v) is 12.2. The summed E-state index contributed by atoms with van der Waals surface area (Å²) < 4.78 is 1.92. The molecule has 0 atom stereocenters. The lowest BCUT2D eigenvalue weighted by Gasteiger charge is -2.21. The van der Waals surface area contributed by atoms with Crippen LogP contribution in [0.25, 0.3) is 5.65 Å². The van der Waals surface area contributed by atoms with Gasteiger partial charge in [0.1, 0.15) is 11.5 Å². The molecule has 6 heteroatoms. The molecule has 0 amide bonds. The van der Waals surface area contributed by atoms with Gasteiger partial charge >= 0.3 is 0 Å². The molecule has 1 aliphatic rings. The van der Waals surface area contributed by atoms with Crippen LogP contribution in [0.15, 0.2) is 18.6 Å². The first-order chi connectivity index (χ1) is 9.24. The molecule has 108 valence electrons. The topological polar surface area (TPSA) is 80.1 Å². The van der Waals surface area contributed by atoms with E-state index in [1.165, 1.54) is 32.1 Å². The molecule has 2 heterocycles. The fourth-order valence-electron chi connectivity index (χ4n) is 2.93. The monoisotopic (exact) mass is 293 g/mol. The van der Waals surface area contributed by atoms with Crippen molar-refractivity contribution >= 4 is 23.9 Å². The molecule has 0 aromatic carbocycles. The third kappa shape index (κ3) is 2.93. The smallest absolute Gasteiger partial charge is 0.158 e. The molecule has 1 saturated carbocycles. The van der Waals surface area contributed by atoms with Gasteiger partial charge in [-0.3, -0.25) is 5.41 Å². The Morgan fingerprint density at radius 2 is 2.10 bits per heavy atom. The number of imidazole rings is 1. The second-order valence-electron chi connectivity index (χ2n) is 5.35. The maximum Gasteiger partial charge on any atom is 0.158 e. The zero-order valence-electron chi connectivity index (χ0n) is 11.4. The maximum absolute atomic E-state index is 7.56. The lowest BCUT2D eigenvalue weighted by atomic mass is 9.86. The number of nitrogen functional groups attached to an aromatic ring is 1. The molecule has 0 saturated heterocycles. The van der Waals surface area contributed by atoms with E-state index in [1.54, 1.807) is 12.4 Å². The summed E-state index contributed by atoms with van der Waals surface area (Å²) in [6.45, 7) is 0. The predicted molar refractivity (Wildman–Crippen MR) is 81.5 cm³/mol. The number of fused-ring (bicyclic) bond motifs is 1. The van der Waals surface area contributed by atoms with Crippen molar-refractivity contribution in [3.63, 3.8) is 0 Å². The lowest BCUT2D eigenvalue weighted by Crippen LogP contribution is -2.17. The van der Waals surface area contributed by atoms with Crippen molar-refractivity contribution in [3.8, 4) is 0 Å². The molecule has 20 heavy (non-hydrogen) atoms. The van der Waals surface area contributed by atoms with Gasteiger partial charge in [-0.25, -0.2) is 9.97 Å². The van der Waals surface area contributed by atoms with E-state index in [0.717, 1.165) is 17.8 Å². The normalized spacial score (nSPS) is 16.0. The van der Waals surface area contributed by atoms with Crippen molar-refractivity contribution in [1.82, 2.24) is 14.4 Å². The van der Waals surface area contributed by atoms with Gasteiger partial charge in [-0.05, 0) is 12.3 Å². The van der Waals surface area contributed by atoms with Crippen LogP contribution in [-0.4, -0.2) is 20.2 Å². The van der Waals surface area contributed by atoms with Gasteiger partial charge in [0, 0.05) is 18.6 Å². The molecule has 0 spiro atoms. The Hall–Kier alpha value is -1.62. The summed E-state index contributed by atoms with van der Waals surface area (Å²) in [4.78, 5) is 8.91. The van der Waals surface area contributed by atoms with Gasteiger partial charge in [-0.1, -0.05) is 32.1 Å². The first-order valence-electron chi connectivity index (χ1n) is 6.91. The number of nitrogens with one attached hydrogen (secondary N) is 1. The Morgan fingerprint density at radius 1 is 1.35 bits per heavy atom. The molecule has 0 radical (unpaired) electrons. The molecular formula is C14H20ClN5. The Balaban J connectivity index is 0.00000147. The third-order valence-corrected chi connectivity index (χ3v) is 3.93. The number of hydrogen-bond acceptors (Lipinski definition) is 3. The first kappa shape index (κ1) is 14.8. The number of aromatic nitrogens is 3. The first-order valence-corrected chi connectivity index (χ1v) is 6.91. The van der Waals surface area contributed by atoms with Gasteiger partial charge in [0.05, 0.1) is 5.69 Å². The molecule has 3 rings (SSSR count). The van der Waals surface area contributed by atoms with Gasteiger partial charge in [-0.2, -0.15) is 0 Å². The van der Waals surface area contributed by atoms with Crippen LogP contribution in [0.1, 0.15) is 43.5 Å². The fourth-order valence-corrected chi connectivity index (χ4v) is 2.93. The third-order valence-electron chi connectivity index (χ3n) is 3.93. The van der Waals surface area contributed by atoms with Crippen LogP contribution in [-0.2, 0) is 6.42 Å². The highest BCUT2D eigenvalue weighted by Crippen LogP contribution is 2.27. The Labute approximate surface area is 124 Å². The summed E-state index contributed by atoms with van der Waals surface area (Å²) in [7, 11) is 0. The van der Waals surface area contributed by atoms with E-state index in [0.29, 0.717) is 11.6 Å². The quantitative estimate of drug-likeness (QED) is 0.674. The molecule has 2 aromatic rings. The van der Waals surface area contributed by atoms with Crippen LogP contribution in [0.4, 0.5) is 0 Å². The van der Waals surface area contributed by atoms with Crippen LogP contribution < -0.4 is 5.73 Å². The van der Waals surface area contributed by atoms with Crippen LogP contribution in [0.3, 0.4) is 0 Å². The minimum atomic E-state index is 0. The van der Waals surface area contributed by atoms with Gasteiger partial charge in [0.2, 0.25) is 0 Å². The van der Waals surface area contributed by atoms with Crippen LogP contribution in [0.2, 0.25) is 0 Å². The summed E-state index contributed by atoms with van der Waals surface area (Å²) in [6, 6.07) is 0. The second-order valence-corrected chi connectivity index (χ2v) is 5.35. The number of rotatable bonds is 3. The van der Waals surface area contributed by atoms with Crippen molar-refractivity contribution in [2.24, 2.45) is 11.7 Å². The molecule has 0 aliphatic heterocycles. The average Bonchev–Trinajstić information content (AvgIpc) is 2.88. The molecular weight excluding hydrogens is 274 g/mol. The van der Waals surface area contributed by atoms with Crippen molar-refractivity contribution in [1.29, 1.82) is 5.41 Å². The van der Waals surface area contributed by atoms with Crippen molar-refractivity contribution in [3.05, 3.63) is 30.0 Å². The second kappa shape index (κ2) is 6.22. The summed E-state index contributed by atoms with van der Waals surface area (Å²) in [5.74, 6) is 0.712. The zero-order chi connectivity index (χ0) is 13.2. The van der Waals surface area contributed by atoms with Crippen LogP contribution >= 0.6 is 12.4 Å².